The summed E-state index contributed by atoms with van der Waals surface area (Å²) in [6, 6.07) is 6.18. The lowest BCUT2D eigenvalue weighted by Crippen LogP contribution is -2.47. The van der Waals surface area contributed by atoms with Crippen LogP contribution in [0.5, 0.6) is 5.88 Å². The van der Waals surface area contributed by atoms with Crippen molar-refractivity contribution in [3.8, 4) is 5.88 Å². The highest BCUT2D eigenvalue weighted by Crippen LogP contribution is 2.21. The molecule has 1 atom stereocenters. The number of aromatic nitrogens is 2. The maximum atomic E-state index is 13.9. The zero-order chi connectivity index (χ0) is 21.7. The fourth-order valence-corrected chi connectivity index (χ4v) is 3.25. The van der Waals surface area contributed by atoms with E-state index in [-0.39, 0.29) is 35.1 Å². The highest BCUT2D eigenvalue weighted by molar-refractivity contribution is 6.32. The third kappa shape index (κ3) is 5.77. The molecule has 3 rings (SSSR count). The van der Waals surface area contributed by atoms with Crippen LogP contribution in [0, 0.1) is 12.7 Å². The lowest BCUT2D eigenvalue weighted by molar-refractivity contribution is -0.134. The SMILES string of the molecule is Cc1cc(OCC2CN(C(=O)/C=C/c3c(F)cccc3Cl)CCO2)nc(C(C)C)n1. The molecule has 6 nitrogen and oxygen atoms in total. The van der Waals surface area contributed by atoms with Crippen molar-refractivity contribution in [2.45, 2.75) is 32.8 Å². The Kier molecular flexibility index (Phi) is 7.39. The number of morpholine rings is 1. The molecule has 1 aliphatic heterocycles. The number of halogens is 2. The summed E-state index contributed by atoms with van der Waals surface area (Å²) in [6.07, 6.45) is 2.44. The van der Waals surface area contributed by atoms with Gasteiger partial charge in [-0.2, -0.15) is 4.98 Å². The van der Waals surface area contributed by atoms with E-state index in [0.717, 1.165) is 11.5 Å². The molecule has 1 aromatic carbocycles. The quantitative estimate of drug-likeness (QED) is 0.644. The van der Waals surface area contributed by atoms with Gasteiger partial charge >= 0.3 is 0 Å². The van der Waals surface area contributed by atoms with Gasteiger partial charge in [-0.05, 0) is 25.1 Å². The van der Waals surface area contributed by atoms with E-state index in [0.29, 0.717) is 25.6 Å². The normalized spacial score (nSPS) is 17.0. The maximum absolute atomic E-state index is 13.9. The topological polar surface area (TPSA) is 64.5 Å². The van der Waals surface area contributed by atoms with Crippen LogP contribution in [0.1, 0.15) is 36.8 Å². The Bertz CT molecular complexity index is 916. The van der Waals surface area contributed by atoms with Gasteiger partial charge in [0.1, 0.15) is 24.4 Å². The third-order valence-electron chi connectivity index (χ3n) is 4.62. The minimum absolute atomic E-state index is 0.195. The summed E-state index contributed by atoms with van der Waals surface area (Å²) < 4.78 is 25.4. The molecule has 1 amide bonds. The lowest BCUT2D eigenvalue weighted by Gasteiger charge is -2.32. The number of amides is 1. The number of ether oxygens (including phenoxy) is 2. The second kappa shape index (κ2) is 10.00. The van der Waals surface area contributed by atoms with Gasteiger partial charge in [0, 0.05) is 35.9 Å². The minimum Gasteiger partial charge on any atom is -0.475 e. The first-order valence-corrected chi connectivity index (χ1v) is 10.2. The predicted molar refractivity (Wildman–Crippen MR) is 113 cm³/mol. The fraction of sp³-hybridized carbons (Fsp3) is 0.409. The molecule has 0 N–H and O–H groups in total. The number of carbonyl (C=O) groups is 1. The first-order valence-electron chi connectivity index (χ1n) is 9.84. The van der Waals surface area contributed by atoms with Crippen molar-refractivity contribution < 1.29 is 18.7 Å². The number of benzene rings is 1. The average Bonchev–Trinajstić information content (AvgIpc) is 2.71. The van der Waals surface area contributed by atoms with Gasteiger partial charge in [0.2, 0.25) is 11.8 Å². The first-order chi connectivity index (χ1) is 14.3. The molecular formula is C22H25ClFN3O3. The zero-order valence-corrected chi connectivity index (χ0v) is 18.0. The molecule has 0 radical (unpaired) electrons. The van der Waals surface area contributed by atoms with Gasteiger partial charge in [0.15, 0.2) is 0 Å². The van der Waals surface area contributed by atoms with E-state index in [2.05, 4.69) is 9.97 Å². The monoisotopic (exact) mass is 433 g/mol. The second-order valence-electron chi connectivity index (χ2n) is 7.42. The Morgan fingerprint density at radius 1 is 1.43 bits per heavy atom. The van der Waals surface area contributed by atoms with Crippen molar-refractivity contribution in [2.75, 3.05) is 26.3 Å². The largest absolute Gasteiger partial charge is 0.475 e. The van der Waals surface area contributed by atoms with Gasteiger partial charge in [-0.3, -0.25) is 4.79 Å². The smallest absolute Gasteiger partial charge is 0.246 e. The van der Waals surface area contributed by atoms with E-state index in [9.17, 15) is 9.18 Å². The lowest BCUT2D eigenvalue weighted by atomic mass is 10.2. The fourth-order valence-electron chi connectivity index (χ4n) is 3.02. The molecule has 1 aliphatic rings. The number of aryl methyl sites for hydroxylation is 1. The van der Waals surface area contributed by atoms with Crippen LogP contribution >= 0.6 is 11.6 Å². The van der Waals surface area contributed by atoms with Crippen LogP contribution in [0.2, 0.25) is 5.02 Å². The van der Waals surface area contributed by atoms with Crippen LogP contribution in [0.15, 0.2) is 30.3 Å². The van der Waals surface area contributed by atoms with Crippen LogP contribution in [0.3, 0.4) is 0 Å². The van der Waals surface area contributed by atoms with Crippen molar-refractivity contribution in [1.82, 2.24) is 14.9 Å². The molecular weight excluding hydrogens is 409 g/mol. The average molecular weight is 434 g/mol. The number of hydrogen-bond donors (Lipinski definition) is 0. The molecule has 30 heavy (non-hydrogen) atoms. The number of rotatable bonds is 6. The third-order valence-corrected chi connectivity index (χ3v) is 4.95. The summed E-state index contributed by atoms with van der Waals surface area (Å²) in [6.45, 7) is 7.42. The summed E-state index contributed by atoms with van der Waals surface area (Å²) in [5, 5.41) is 0.258. The second-order valence-corrected chi connectivity index (χ2v) is 7.82. The van der Waals surface area contributed by atoms with Crippen molar-refractivity contribution in [3.63, 3.8) is 0 Å². The van der Waals surface area contributed by atoms with E-state index in [1.807, 2.05) is 20.8 Å². The molecule has 160 valence electrons. The molecule has 1 saturated heterocycles. The molecule has 1 aromatic heterocycles. The minimum atomic E-state index is -0.472. The van der Waals surface area contributed by atoms with Crippen LogP contribution in [0.4, 0.5) is 4.39 Å². The van der Waals surface area contributed by atoms with Gasteiger partial charge in [-0.1, -0.05) is 31.5 Å². The highest BCUT2D eigenvalue weighted by atomic mass is 35.5. The summed E-state index contributed by atoms with van der Waals surface area (Å²) in [5.41, 5.74) is 1.03. The Labute approximate surface area is 180 Å². The molecule has 0 spiro atoms. The van der Waals surface area contributed by atoms with Crippen LogP contribution in [-0.2, 0) is 9.53 Å². The number of hydrogen-bond acceptors (Lipinski definition) is 5. The Morgan fingerprint density at radius 3 is 2.97 bits per heavy atom. The summed E-state index contributed by atoms with van der Waals surface area (Å²) >= 11 is 6.00. The molecule has 1 unspecified atom stereocenters. The maximum Gasteiger partial charge on any atom is 0.246 e. The standard InChI is InChI=1S/C22H25ClFN3O3/c1-14(2)22-25-15(3)11-20(26-22)30-13-16-12-27(9-10-29-16)21(28)8-7-17-18(23)5-4-6-19(17)24/h4-8,11,14,16H,9-10,12-13H2,1-3H3/b8-7+. The zero-order valence-electron chi connectivity index (χ0n) is 17.3. The molecule has 2 aromatic rings. The molecule has 0 aliphatic carbocycles. The predicted octanol–water partition coefficient (Wildman–Crippen LogP) is 4.02. The molecule has 8 heteroatoms. The summed E-state index contributed by atoms with van der Waals surface area (Å²) in [4.78, 5) is 23.0. The molecule has 0 saturated carbocycles. The van der Waals surface area contributed by atoms with Gasteiger partial charge in [-0.15, -0.1) is 0 Å². The van der Waals surface area contributed by atoms with Gasteiger partial charge < -0.3 is 14.4 Å². The molecule has 0 bridgehead atoms. The van der Waals surface area contributed by atoms with Crippen LogP contribution < -0.4 is 4.74 Å². The summed E-state index contributed by atoms with van der Waals surface area (Å²) in [7, 11) is 0. The Hall–Kier alpha value is -2.51. The van der Waals surface area contributed by atoms with Gasteiger partial charge in [0.25, 0.3) is 0 Å². The van der Waals surface area contributed by atoms with Gasteiger partial charge in [-0.25, -0.2) is 9.37 Å². The van der Waals surface area contributed by atoms with E-state index in [1.165, 1.54) is 24.3 Å². The van der Waals surface area contributed by atoms with Crippen molar-refractivity contribution in [2.24, 2.45) is 0 Å². The highest BCUT2D eigenvalue weighted by Gasteiger charge is 2.24. The van der Waals surface area contributed by atoms with Crippen LogP contribution in [-0.4, -0.2) is 53.2 Å². The first kappa shape index (κ1) is 22.2. The summed E-state index contributed by atoms with van der Waals surface area (Å²) in [5.74, 6) is 0.708. The molecule has 2 heterocycles. The van der Waals surface area contributed by atoms with Crippen molar-refractivity contribution in [1.29, 1.82) is 0 Å². The van der Waals surface area contributed by atoms with Crippen molar-refractivity contribution in [3.05, 3.63) is 58.3 Å². The van der Waals surface area contributed by atoms with Crippen molar-refractivity contribution >= 4 is 23.6 Å². The van der Waals surface area contributed by atoms with E-state index in [1.54, 1.807) is 17.0 Å². The Morgan fingerprint density at radius 2 is 2.23 bits per heavy atom. The van der Waals surface area contributed by atoms with Gasteiger partial charge in [0.05, 0.1) is 18.2 Å². The Balaban J connectivity index is 1.59. The van der Waals surface area contributed by atoms with E-state index >= 15 is 0 Å². The van der Waals surface area contributed by atoms with E-state index in [4.69, 9.17) is 21.1 Å². The van der Waals surface area contributed by atoms with Crippen LogP contribution in [0.25, 0.3) is 6.08 Å². The molecule has 1 fully saturated rings. The number of carbonyl (C=O) groups excluding carboxylic acids is 1. The number of nitrogens with zero attached hydrogens (tertiary/aromatic N) is 3. The van der Waals surface area contributed by atoms with E-state index < -0.39 is 5.82 Å².